The molecule has 1 aliphatic rings. The van der Waals surface area contributed by atoms with Crippen LogP contribution in [0.1, 0.15) is 30.9 Å². The molecule has 3 rings (SSSR count). The van der Waals surface area contributed by atoms with Crippen molar-refractivity contribution in [2.75, 3.05) is 24.2 Å². The molecule has 2 aromatic carbocycles. The van der Waals surface area contributed by atoms with Crippen molar-refractivity contribution in [3.63, 3.8) is 0 Å². The summed E-state index contributed by atoms with van der Waals surface area (Å²) in [4.78, 5) is 14.5. The summed E-state index contributed by atoms with van der Waals surface area (Å²) in [5.74, 6) is 1.90. The van der Waals surface area contributed by atoms with Crippen LogP contribution in [0.2, 0.25) is 0 Å². The van der Waals surface area contributed by atoms with Crippen LogP contribution >= 0.6 is 11.6 Å². The van der Waals surface area contributed by atoms with E-state index in [-0.39, 0.29) is 24.5 Å². The second-order valence-corrected chi connectivity index (χ2v) is 7.01. The van der Waals surface area contributed by atoms with Crippen molar-refractivity contribution in [1.29, 1.82) is 0 Å². The topological polar surface area (TPSA) is 48.0 Å². The number of halogens is 1. The van der Waals surface area contributed by atoms with Gasteiger partial charge in [0.25, 0.3) is 0 Å². The standard InChI is InChI=1S/C22H24ClNO4/c1-4-9-26-19-8-6-5-7-16(19)13-24(22(25)12-23)18-11-21-20(27-14-28-21)10-17(18)15(2)3/h4-8,10-11,15H,1,9,12-14H2,2-3H3. The van der Waals surface area contributed by atoms with Crippen LogP contribution in [0.25, 0.3) is 0 Å². The fourth-order valence-electron chi connectivity index (χ4n) is 3.12. The van der Waals surface area contributed by atoms with E-state index in [0.29, 0.717) is 30.4 Å². The van der Waals surface area contributed by atoms with Crippen LogP contribution in [0.5, 0.6) is 17.2 Å². The van der Waals surface area contributed by atoms with Crippen molar-refractivity contribution in [2.45, 2.75) is 26.3 Å². The third-order valence-corrected chi connectivity index (χ3v) is 4.74. The molecule has 0 spiro atoms. The number of amides is 1. The van der Waals surface area contributed by atoms with Gasteiger partial charge in [-0.15, -0.1) is 11.6 Å². The first-order chi connectivity index (χ1) is 13.5. The first-order valence-electron chi connectivity index (χ1n) is 9.16. The van der Waals surface area contributed by atoms with Crippen LogP contribution in [0.4, 0.5) is 5.69 Å². The summed E-state index contributed by atoms with van der Waals surface area (Å²) in [6.07, 6.45) is 1.69. The lowest BCUT2D eigenvalue weighted by Gasteiger charge is -2.27. The molecule has 0 radical (unpaired) electrons. The molecular formula is C22H24ClNO4. The molecule has 0 aromatic heterocycles. The van der Waals surface area contributed by atoms with Gasteiger partial charge in [-0.25, -0.2) is 0 Å². The zero-order valence-electron chi connectivity index (χ0n) is 16.1. The van der Waals surface area contributed by atoms with Gasteiger partial charge in [-0.3, -0.25) is 4.79 Å². The minimum Gasteiger partial charge on any atom is -0.489 e. The number of hydrogen-bond donors (Lipinski definition) is 0. The Hall–Kier alpha value is -2.66. The van der Waals surface area contributed by atoms with Gasteiger partial charge in [-0.1, -0.05) is 44.7 Å². The Balaban J connectivity index is 2.03. The number of benzene rings is 2. The maximum Gasteiger partial charge on any atom is 0.242 e. The Kier molecular flexibility index (Phi) is 6.47. The van der Waals surface area contributed by atoms with Gasteiger partial charge in [0.05, 0.1) is 12.2 Å². The molecule has 1 heterocycles. The molecule has 0 atom stereocenters. The highest BCUT2D eigenvalue weighted by Crippen LogP contribution is 2.42. The number of para-hydroxylation sites is 1. The molecule has 1 aliphatic heterocycles. The molecular weight excluding hydrogens is 378 g/mol. The monoisotopic (exact) mass is 401 g/mol. The van der Waals surface area contributed by atoms with Crippen molar-refractivity contribution in [3.05, 3.63) is 60.2 Å². The minimum absolute atomic E-state index is 0.123. The minimum atomic E-state index is -0.194. The summed E-state index contributed by atoms with van der Waals surface area (Å²) in [6.45, 7) is 8.74. The summed E-state index contributed by atoms with van der Waals surface area (Å²) >= 11 is 5.94. The lowest BCUT2D eigenvalue weighted by molar-refractivity contribution is -0.116. The van der Waals surface area contributed by atoms with Gasteiger partial charge < -0.3 is 19.1 Å². The zero-order chi connectivity index (χ0) is 20.1. The van der Waals surface area contributed by atoms with E-state index >= 15 is 0 Å². The number of hydrogen-bond acceptors (Lipinski definition) is 4. The summed E-state index contributed by atoms with van der Waals surface area (Å²) in [6, 6.07) is 11.4. The van der Waals surface area contributed by atoms with Crippen molar-refractivity contribution < 1.29 is 19.0 Å². The van der Waals surface area contributed by atoms with E-state index in [4.69, 9.17) is 25.8 Å². The molecule has 0 saturated heterocycles. The quantitative estimate of drug-likeness (QED) is 0.467. The molecule has 6 heteroatoms. The highest BCUT2D eigenvalue weighted by atomic mass is 35.5. The molecule has 2 aromatic rings. The lowest BCUT2D eigenvalue weighted by Crippen LogP contribution is -2.32. The van der Waals surface area contributed by atoms with E-state index in [1.807, 2.05) is 36.4 Å². The summed E-state index contributed by atoms with van der Waals surface area (Å²) in [7, 11) is 0. The highest BCUT2D eigenvalue weighted by molar-refractivity contribution is 6.29. The smallest absolute Gasteiger partial charge is 0.242 e. The number of alkyl halides is 1. The zero-order valence-corrected chi connectivity index (χ0v) is 16.9. The van der Waals surface area contributed by atoms with Gasteiger partial charge in [0.15, 0.2) is 11.5 Å². The van der Waals surface area contributed by atoms with E-state index in [1.54, 1.807) is 11.0 Å². The van der Waals surface area contributed by atoms with E-state index in [2.05, 4.69) is 20.4 Å². The Morgan fingerprint density at radius 2 is 2.00 bits per heavy atom. The summed E-state index contributed by atoms with van der Waals surface area (Å²) < 4.78 is 16.8. The normalized spacial score (nSPS) is 12.1. The molecule has 0 unspecified atom stereocenters. The Bertz CT molecular complexity index is 866. The van der Waals surface area contributed by atoms with Crippen LogP contribution in [-0.4, -0.2) is 25.2 Å². The first-order valence-corrected chi connectivity index (χ1v) is 9.70. The van der Waals surface area contributed by atoms with Crippen LogP contribution in [0.3, 0.4) is 0 Å². The largest absolute Gasteiger partial charge is 0.489 e. The molecule has 0 N–H and O–H groups in total. The molecule has 0 saturated carbocycles. The Labute approximate surface area is 170 Å². The number of ether oxygens (including phenoxy) is 3. The summed E-state index contributed by atoms with van der Waals surface area (Å²) in [5, 5.41) is 0. The Morgan fingerprint density at radius 3 is 2.68 bits per heavy atom. The number of nitrogens with zero attached hydrogens (tertiary/aromatic N) is 1. The van der Waals surface area contributed by atoms with E-state index in [1.165, 1.54) is 0 Å². The number of anilines is 1. The third-order valence-electron chi connectivity index (χ3n) is 4.51. The molecule has 148 valence electrons. The van der Waals surface area contributed by atoms with Crippen molar-refractivity contribution in [2.24, 2.45) is 0 Å². The van der Waals surface area contributed by atoms with Gasteiger partial charge in [0.1, 0.15) is 18.2 Å². The van der Waals surface area contributed by atoms with Gasteiger partial charge in [-0.05, 0) is 23.6 Å². The second kappa shape index (κ2) is 9.02. The fraction of sp³-hybridized carbons (Fsp3) is 0.318. The first kappa shape index (κ1) is 20.1. The van der Waals surface area contributed by atoms with Crippen LogP contribution in [0.15, 0.2) is 49.1 Å². The van der Waals surface area contributed by atoms with Crippen LogP contribution < -0.4 is 19.1 Å². The summed E-state index contributed by atoms with van der Waals surface area (Å²) in [5.41, 5.74) is 2.64. The van der Waals surface area contributed by atoms with Gasteiger partial charge >= 0.3 is 0 Å². The molecule has 28 heavy (non-hydrogen) atoms. The predicted molar refractivity (Wildman–Crippen MR) is 111 cm³/mol. The van der Waals surface area contributed by atoms with Crippen LogP contribution in [-0.2, 0) is 11.3 Å². The molecule has 1 amide bonds. The van der Waals surface area contributed by atoms with Crippen LogP contribution in [0, 0.1) is 0 Å². The van der Waals surface area contributed by atoms with Crippen molar-refractivity contribution in [3.8, 4) is 17.2 Å². The van der Waals surface area contributed by atoms with Crippen molar-refractivity contribution >= 4 is 23.2 Å². The predicted octanol–water partition coefficient (Wildman–Crippen LogP) is 4.88. The molecule has 0 aliphatic carbocycles. The number of fused-ring (bicyclic) bond motifs is 1. The maximum absolute atomic E-state index is 12.8. The van der Waals surface area contributed by atoms with Gasteiger partial charge in [0, 0.05) is 11.6 Å². The number of carbonyl (C=O) groups excluding carboxylic acids is 1. The Morgan fingerprint density at radius 1 is 1.29 bits per heavy atom. The van der Waals surface area contributed by atoms with E-state index < -0.39 is 0 Å². The second-order valence-electron chi connectivity index (χ2n) is 6.74. The molecule has 0 fully saturated rings. The molecule has 5 nitrogen and oxygen atoms in total. The third kappa shape index (κ3) is 4.25. The fourth-order valence-corrected chi connectivity index (χ4v) is 3.26. The number of rotatable bonds is 8. The number of carbonyl (C=O) groups is 1. The van der Waals surface area contributed by atoms with Gasteiger partial charge in [-0.2, -0.15) is 0 Å². The maximum atomic E-state index is 12.8. The van der Waals surface area contributed by atoms with E-state index in [9.17, 15) is 4.79 Å². The highest BCUT2D eigenvalue weighted by Gasteiger charge is 2.25. The molecule has 0 bridgehead atoms. The van der Waals surface area contributed by atoms with Gasteiger partial charge in [0.2, 0.25) is 12.7 Å². The SMILES string of the molecule is C=CCOc1ccccc1CN(C(=O)CCl)c1cc2c(cc1C(C)C)OCO2. The van der Waals surface area contributed by atoms with Crippen molar-refractivity contribution in [1.82, 2.24) is 0 Å². The average molecular weight is 402 g/mol. The lowest BCUT2D eigenvalue weighted by atomic mass is 9.99. The van der Waals surface area contributed by atoms with E-state index in [0.717, 1.165) is 16.8 Å². The average Bonchev–Trinajstić information content (AvgIpc) is 3.17.